The zero-order valence-corrected chi connectivity index (χ0v) is 15.3. The molecule has 0 aromatic heterocycles. The van der Waals surface area contributed by atoms with Crippen molar-refractivity contribution >= 4 is 23.5 Å². The Labute approximate surface area is 162 Å². The van der Waals surface area contributed by atoms with Gasteiger partial charge in [-0.25, -0.2) is 4.90 Å². The molecule has 2 bridgehead atoms. The molecule has 1 aromatic rings. The quantitative estimate of drug-likeness (QED) is 0.753. The van der Waals surface area contributed by atoms with Gasteiger partial charge in [0, 0.05) is 0 Å². The summed E-state index contributed by atoms with van der Waals surface area (Å²) in [6, 6.07) is 4.05. The molecule has 2 unspecified atom stereocenters. The summed E-state index contributed by atoms with van der Waals surface area (Å²) in [7, 11) is 0. The predicted molar refractivity (Wildman–Crippen MR) is 89.3 cm³/mol. The molecule has 152 valence electrons. The van der Waals surface area contributed by atoms with E-state index in [2.05, 4.69) is 0 Å². The maximum absolute atomic E-state index is 13.3. The highest BCUT2D eigenvalue weighted by Crippen LogP contribution is 2.63. The first-order valence-electron chi connectivity index (χ1n) is 8.77. The highest BCUT2D eigenvalue weighted by Gasteiger charge is 2.77. The Morgan fingerprint density at radius 1 is 1.28 bits per heavy atom. The standard InChI is InChI=1S/C19H15F3N2O5/c1-17-6-11(16(27)28)18(2,29-17)13-12(17)14(25)24(15(13)26)9-4-3-8(7-23)10(5-9)19(20,21)22/h3-5,11-13H,6H2,1-2H3,(H,27,28)/t11-,12+,13-,17?,18?/m0/s1. The number of anilines is 1. The highest BCUT2D eigenvalue weighted by atomic mass is 19.4. The Morgan fingerprint density at radius 2 is 1.90 bits per heavy atom. The fraction of sp³-hybridized carbons (Fsp3) is 0.474. The van der Waals surface area contributed by atoms with Crippen LogP contribution < -0.4 is 4.90 Å². The van der Waals surface area contributed by atoms with Gasteiger partial charge in [0.05, 0.1) is 51.8 Å². The topological polar surface area (TPSA) is 108 Å². The minimum absolute atomic E-state index is 0.0219. The second kappa shape index (κ2) is 5.57. The van der Waals surface area contributed by atoms with Crippen molar-refractivity contribution in [3.05, 3.63) is 29.3 Å². The van der Waals surface area contributed by atoms with Gasteiger partial charge in [0.25, 0.3) is 0 Å². The van der Waals surface area contributed by atoms with Crippen molar-refractivity contribution in [1.82, 2.24) is 0 Å². The molecule has 2 amide bonds. The van der Waals surface area contributed by atoms with E-state index in [4.69, 9.17) is 10.00 Å². The van der Waals surface area contributed by atoms with E-state index < -0.39 is 64.0 Å². The van der Waals surface area contributed by atoms with E-state index >= 15 is 0 Å². The number of rotatable bonds is 2. The van der Waals surface area contributed by atoms with Crippen LogP contribution in [0.3, 0.4) is 0 Å². The van der Waals surface area contributed by atoms with E-state index in [-0.39, 0.29) is 12.1 Å². The summed E-state index contributed by atoms with van der Waals surface area (Å²) in [5.41, 5.74) is -4.83. The molecule has 0 spiro atoms. The molecule has 3 aliphatic heterocycles. The Balaban J connectivity index is 1.81. The number of hydrogen-bond donors (Lipinski definition) is 1. The molecular weight excluding hydrogens is 393 g/mol. The SMILES string of the molecule is CC12C[C@@H](C(=O)O)C(C)(O1)[C@@H]1C(=O)N(c3ccc(C#N)c(C(F)(F)F)c3)C(=O)[C@@H]12. The Hall–Kier alpha value is -2.93. The Bertz CT molecular complexity index is 1020. The molecule has 10 heteroatoms. The van der Waals surface area contributed by atoms with Gasteiger partial charge < -0.3 is 9.84 Å². The number of ether oxygens (including phenoxy) is 1. The number of imide groups is 1. The van der Waals surface area contributed by atoms with E-state index in [1.54, 1.807) is 6.92 Å². The van der Waals surface area contributed by atoms with Crippen molar-refractivity contribution in [1.29, 1.82) is 5.26 Å². The third kappa shape index (κ3) is 2.37. The molecule has 3 fully saturated rings. The largest absolute Gasteiger partial charge is 0.481 e. The first-order valence-corrected chi connectivity index (χ1v) is 8.77. The van der Waals surface area contributed by atoms with Crippen LogP contribution in [0.5, 0.6) is 0 Å². The summed E-state index contributed by atoms with van der Waals surface area (Å²) < 4.78 is 45.8. The zero-order chi connectivity index (χ0) is 21.5. The van der Waals surface area contributed by atoms with Gasteiger partial charge in [-0.15, -0.1) is 0 Å². The lowest BCUT2D eigenvalue weighted by Gasteiger charge is -2.32. The van der Waals surface area contributed by atoms with Gasteiger partial charge in [0.2, 0.25) is 11.8 Å². The van der Waals surface area contributed by atoms with E-state index in [0.717, 1.165) is 12.1 Å². The average Bonchev–Trinajstić information content (AvgIpc) is 3.15. The van der Waals surface area contributed by atoms with Gasteiger partial charge in [0.15, 0.2) is 0 Å². The predicted octanol–water partition coefficient (Wildman–Crippen LogP) is 2.33. The van der Waals surface area contributed by atoms with Gasteiger partial charge in [0.1, 0.15) is 0 Å². The monoisotopic (exact) mass is 408 g/mol. The van der Waals surface area contributed by atoms with E-state index in [1.165, 1.54) is 13.0 Å². The summed E-state index contributed by atoms with van der Waals surface area (Å²) in [5.74, 6) is -5.80. The lowest BCUT2D eigenvalue weighted by molar-refractivity contribution is -0.150. The van der Waals surface area contributed by atoms with Gasteiger partial charge >= 0.3 is 12.1 Å². The van der Waals surface area contributed by atoms with Crippen LogP contribution >= 0.6 is 0 Å². The summed E-state index contributed by atoms with van der Waals surface area (Å²) in [6.07, 6.45) is -4.83. The number of fused-ring (bicyclic) bond motifs is 5. The summed E-state index contributed by atoms with van der Waals surface area (Å²) in [6.45, 7) is 3.00. The molecule has 1 N–H and O–H groups in total. The number of carbonyl (C=O) groups is 3. The fourth-order valence-corrected chi connectivity index (χ4v) is 5.15. The Kier molecular flexibility index (Phi) is 3.72. The molecule has 0 saturated carbocycles. The van der Waals surface area contributed by atoms with Gasteiger partial charge in [-0.2, -0.15) is 18.4 Å². The molecule has 4 rings (SSSR count). The van der Waals surface area contributed by atoms with Crippen molar-refractivity contribution < 1.29 is 37.4 Å². The lowest BCUT2D eigenvalue weighted by Crippen LogP contribution is -2.48. The summed E-state index contributed by atoms with van der Waals surface area (Å²) in [5, 5.41) is 18.4. The third-order valence-corrected chi connectivity index (χ3v) is 6.32. The van der Waals surface area contributed by atoms with Crippen molar-refractivity contribution in [3.63, 3.8) is 0 Å². The zero-order valence-electron chi connectivity index (χ0n) is 15.3. The number of nitrogens with zero attached hydrogens (tertiary/aromatic N) is 2. The smallest absolute Gasteiger partial charge is 0.417 e. The molecule has 5 atom stereocenters. The minimum Gasteiger partial charge on any atom is -0.481 e. The first-order chi connectivity index (χ1) is 13.3. The maximum Gasteiger partial charge on any atom is 0.417 e. The molecule has 0 aliphatic carbocycles. The number of alkyl halides is 3. The molecule has 3 heterocycles. The number of carboxylic acids is 1. The van der Waals surface area contributed by atoms with Crippen LogP contribution in [0.25, 0.3) is 0 Å². The average molecular weight is 408 g/mol. The minimum atomic E-state index is -4.85. The second-order valence-corrected chi connectivity index (χ2v) is 8.00. The number of hydrogen-bond acceptors (Lipinski definition) is 5. The third-order valence-electron chi connectivity index (χ3n) is 6.32. The number of halogens is 3. The molecule has 1 aromatic carbocycles. The van der Waals surface area contributed by atoms with Crippen LogP contribution in [0, 0.1) is 29.1 Å². The number of nitriles is 1. The number of benzene rings is 1. The first kappa shape index (κ1) is 19.4. The molecule has 29 heavy (non-hydrogen) atoms. The van der Waals surface area contributed by atoms with Crippen molar-refractivity contribution in [2.45, 2.75) is 37.6 Å². The normalized spacial score (nSPS) is 35.7. The molecule has 3 saturated heterocycles. The van der Waals surface area contributed by atoms with E-state index in [1.807, 2.05) is 0 Å². The fourth-order valence-electron chi connectivity index (χ4n) is 5.15. The molecular formula is C19H15F3N2O5. The molecule has 0 radical (unpaired) electrons. The van der Waals surface area contributed by atoms with E-state index in [9.17, 15) is 32.7 Å². The van der Waals surface area contributed by atoms with Crippen molar-refractivity contribution in [2.75, 3.05) is 4.90 Å². The second-order valence-electron chi connectivity index (χ2n) is 8.00. The molecule has 7 nitrogen and oxygen atoms in total. The van der Waals surface area contributed by atoms with Crippen molar-refractivity contribution in [2.24, 2.45) is 17.8 Å². The number of carbonyl (C=O) groups excluding carboxylic acids is 2. The van der Waals surface area contributed by atoms with Gasteiger partial charge in [-0.05, 0) is 38.5 Å². The lowest BCUT2D eigenvalue weighted by atomic mass is 9.64. The van der Waals surface area contributed by atoms with Crippen LogP contribution in [-0.4, -0.2) is 34.1 Å². The van der Waals surface area contributed by atoms with Gasteiger partial charge in [-0.3, -0.25) is 14.4 Å². The van der Waals surface area contributed by atoms with Crippen LogP contribution in [0.1, 0.15) is 31.4 Å². The maximum atomic E-state index is 13.3. The highest BCUT2D eigenvalue weighted by molar-refractivity contribution is 6.23. The number of aliphatic carboxylic acids is 1. The Morgan fingerprint density at radius 3 is 2.45 bits per heavy atom. The van der Waals surface area contributed by atoms with Crippen molar-refractivity contribution in [3.8, 4) is 6.07 Å². The number of amides is 2. The van der Waals surface area contributed by atoms with Crippen LogP contribution in [0.2, 0.25) is 0 Å². The van der Waals surface area contributed by atoms with Crippen LogP contribution in [-0.2, 0) is 25.3 Å². The van der Waals surface area contributed by atoms with Crippen LogP contribution in [0.15, 0.2) is 18.2 Å². The number of carboxylic acid groups (broad SMARTS) is 1. The molecule has 3 aliphatic rings. The van der Waals surface area contributed by atoms with E-state index in [0.29, 0.717) is 11.0 Å². The summed E-state index contributed by atoms with van der Waals surface area (Å²) in [4.78, 5) is 38.5. The summed E-state index contributed by atoms with van der Waals surface area (Å²) >= 11 is 0. The van der Waals surface area contributed by atoms with Crippen LogP contribution in [0.4, 0.5) is 18.9 Å². The van der Waals surface area contributed by atoms with Gasteiger partial charge in [-0.1, -0.05) is 0 Å².